The lowest BCUT2D eigenvalue weighted by Gasteiger charge is -2.07. The highest BCUT2D eigenvalue weighted by Crippen LogP contribution is 2.12. The highest BCUT2D eigenvalue weighted by molar-refractivity contribution is 7.99. The van der Waals surface area contributed by atoms with Crippen LogP contribution in [0.2, 0.25) is 0 Å². The van der Waals surface area contributed by atoms with Gasteiger partial charge in [0.15, 0.2) is 5.82 Å². The molecule has 2 N–H and O–H groups in total. The molecule has 2 heterocycles. The molecule has 84 valence electrons. The minimum atomic E-state index is -0.114. The van der Waals surface area contributed by atoms with Crippen molar-refractivity contribution in [2.75, 3.05) is 16.9 Å². The first kappa shape index (κ1) is 12.4. The van der Waals surface area contributed by atoms with Crippen LogP contribution in [-0.2, 0) is 4.79 Å². The predicted octanol–water partition coefficient (Wildman–Crippen LogP) is 1.01. The summed E-state index contributed by atoms with van der Waals surface area (Å²) in [6.45, 7) is 1.78. The molecular formula is C8H12ClN3O2S. The zero-order chi connectivity index (χ0) is 9.97. The molecule has 1 saturated heterocycles. The van der Waals surface area contributed by atoms with E-state index in [1.54, 1.807) is 24.8 Å². The number of anilines is 1. The van der Waals surface area contributed by atoms with Crippen molar-refractivity contribution in [2.24, 2.45) is 0 Å². The molecule has 1 aliphatic rings. The van der Waals surface area contributed by atoms with Gasteiger partial charge in [0.1, 0.15) is 5.76 Å². The third-order valence-corrected chi connectivity index (χ3v) is 2.85. The Kier molecular flexibility index (Phi) is 4.44. The minimum Gasteiger partial charge on any atom is -0.360 e. The van der Waals surface area contributed by atoms with E-state index in [-0.39, 0.29) is 24.4 Å². The quantitative estimate of drug-likeness (QED) is 0.819. The Bertz CT molecular complexity index is 338. The average molecular weight is 250 g/mol. The van der Waals surface area contributed by atoms with Crippen molar-refractivity contribution in [1.82, 2.24) is 10.5 Å². The Morgan fingerprint density at radius 2 is 2.60 bits per heavy atom. The minimum absolute atomic E-state index is 0. The largest absolute Gasteiger partial charge is 0.360 e. The third-order valence-electron chi connectivity index (χ3n) is 1.91. The zero-order valence-electron chi connectivity index (χ0n) is 8.15. The Balaban J connectivity index is 0.00000112. The van der Waals surface area contributed by atoms with Crippen molar-refractivity contribution in [3.63, 3.8) is 0 Å². The van der Waals surface area contributed by atoms with Crippen molar-refractivity contribution in [3.8, 4) is 0 Å². The molecule has 7 heteroatoms. The first-order valence-corrected chi connectivity index (χ1v) is 5.46. The van der Waals surface area contributed by atoms with Gasteiger partial charge in [-0.2, -0.15) is 0 Å². The number of nitrogens with one attached hydrogen (secondary N) is 2. The summed E-state index contributed by atoms with van der Waals surface area (Å²) in [4.78, 5) is 11.6. The van der Waals surface area contributed by atoms with Gasteiger partial charge >= 0.3 is 0 Å². The number of halogens is 1. The second-order valence-corrected chi connectivity index (χ2v) is 4.11. The standard InChI is InChI=1S/C8H11N3O2S.ClH/c1-5-2-7(11-13-5)10-8(12)6-3-14-4-9-6;/h2,6,9H,3-4H2,1H3,(H,10,11,12);1H/t6-;/m1./s1. The number of rotatable bonds is 2. The summed E-state index contributed by atoms with van der Waals surface area (Å²) in [5.74, 6) is 2.75. The first-order valence-electron chi connectivity index (χ1n) is 4.31. The van der Waals surface area contributed by atoms with E-state index < -0.39 is 0 Å². The lowest BCUT2D eigenvalue weighted by molar-refractivity contribution is -0.117. The monoisotopic (exact) mass is 249 g/mol. The molecule has 1 fully saturated rings. The molecule has 1 aromatic heterocycles. The summed E-state index contributed by atoms with van der Waals surface area (Å²) in [7, 11) is 0. The van der Waals surface area contributed by atoms with Crippen molar-refractivity contribution in [2.45, 2.75) is 13.0 Å². The molecule has 0 saturated carbocycles. The Morgan fingerprint density at radius 1 is 1.80 bits per heavy atom. The number of aryl methyl sites for hydroxylation is 1. The van der Waals surface area contributed by atoms with E-state index in [0.29, 0.717) is 11.6 Å². The first-order chi connectivity index (χ1) is 6.75. The molecule has 15 heavy (non-hydrogen) atoms. The molecule has 5 nitrogen and oxygen atoms in total. The van der Waals surface area contributed by atoms with Crippen LogP contribution in [-0.4, -0.2) is 28.7 Å². The van der Waals surface area contributed by atoms with E-state index in [1.165, 1.54) is 0 Å². The third kappa shape index (κ3) is 3.12. The fraction of sp³-hybridized carbons (Fsp3) is 0.500. The normalized spacial score (nSPS) is 19.7. The van der Waals surface area contributed by atoms with Crippen molar-refractivity contribution in [3.05, 3.63) is 11.8 Å². The summed E-state index contributed by atoms with van der Waals surface area (Å²) < 4.78 is 4.84. The van der Waals surface area contributed by atoms with Gasteiger partial charge in [0.25, 0.3) is 0 Å². The average Bonchev–Trinajstić information content (AvgIpc) is 2.75. The topological polar surface area (TPSA) is 67.2 Å². The van der Waals surface area contributed by atoms with Gasteiger partial charge in [0, 0.05) is 17.7 Å². The number of aromatic nitrogens is 1. The Labute approximate surface area is 97.8 Å². The second-order valence-electron chi connectivity index (χ2n) is 3.08. The van der Waals surface area contributed by atoms with Crippen molar-refractivity contribution < 1.29 is 9.32 Å². The van der Waals surface area contributed by atoms with Crippen LogP contribution < -0.4 is 10.6 Å². The summed E-state index contributed by atoms with van der Waals surface area (Å²) in [5.41, 5.74) is 0. The number of carbonyl (C=O) groups is 1. The van der Waals surface area contributed by atoms with Gasteiger partial charge in [-0.25, -0.2) is 0 Å². The molecule has 1 amide bonds. The zero-order valence-corrected chi connectivity index (χ0v) is 9.78. The fourth-order valence-corrected chi connectivity index (χ4v) is 2.14. The highest BCUT2D eigenvalue weighted by Gasteiger charge is 2.22. The van der Waals surface area contributed by atoms with E-state index in [0.717, 1.165) is 11.6 Å². The van der Waals surface area contributed by atoms with E-state index in [4.69, 9.17) is 4.52 Å². The van der Waals surface area contributed by atoms with Crippen molar-refractivity contribution in [1.29, 1.82) is 0 Å². The second kappa shape index (κ2) is 5.39. The fourth-order valence-electron chi connectivity index (χ4n) is 1.20. The lowest BCUT2D eigenvalue weighted by Crippen LogP contribution is -2.37. The van der Waals surface area contributed by atoms with Gasteiger partial charge in [-0.15, -0.1) is 24.2 Å². The summed E-state index contributed by atoms with van der Waals surface area (Å²) in [5, 5.41) is 9.45. The molecule has 0 unspecified atom stereocenters. The SMILES string of the molecule is Cc1cc(NC(=O)[C@H]2CSCN2)no1.Cl. The van der Waals surface area contributed by atoms with Gasteiger partial charge in [-0.1, -0.05) is 5.16 Å². The molecule has 0 bridgehead atoms. The number of amides is 1. The lowest BCUT2D eigenvalue weighted by atomic mass is 10.3. The molecule has 0 spiro atoms. The maximum Gasteiger partial charge on any atom is 0.243 e. The van der Waals surface area contributed by atoms with Gasteiger partial charge < -0.3 is 9.84 Å². The highest BCUT2D eigenvalue weighted by atomic mass is 35.5. The Morgan fingerprint density at radius 3 is 3.13 bits per heavy atom. The smallest absolute Gasteiger partial charge is 0.243 e. The van der Waals surface area contributed by atoms with Crippen LogP contribution in [0.5, 0.6) is 0 Å². The molecule has 0 aromatic carbocycles. The summed E-state index contributed by atoms with van der Waals surface area (Å²) in [6, 6.07) is 1.58. The molecule has 1 aromatic rings. The van der Waals surface area contributed by atoms with E-state index >= 15 is 0 Å². The van der Waals surface area contributed by atoms with Crippen LogP contribution >= 0.6 is 24.2 Å². The van der Waals surface area contributed by atoms with Crippen molar-refractivity contribution >= 4 is 35.9 Å². The number of thioether (sulfide) groups is 1. The molecule has 2 rings (SSSR count). The number of hydrogen-bond donors (Lipinski definition) is 2. The van der Waals surface area contributed by atoms with Gasteiger partial charge in [0.05, 0.1) is 6.04 Å². The van der Waals surface area contributed by atoms with Gasteiger partial charge in [0.2, 0.25) is 5.91 Å². The van der Waals surface area contributed by atoms with Crippen LogP contribution in [0.15, 0.2) is 10.6 Å². The molecular weight excluding hydrogens is 238 g/mol. The molecule has 1 aliphatic heterocycles. The maximum atomic E-state index is 11.6. The number of hydrogen-bond acceptors (Lipinski definition) is 5. The summed E-state index contributed by atoms with van der Waals surface area (Å²) in [6.07, 6.45) is 0. The molecule has 1 atom stereocenters. The van der Waals surface area contributed by atoms with Crippen LogP contribution in [0, 0.1) is 6.92 Å². The van der Waals surface area contributed by atoms with Gasteiger partial charge in [-0.05, 0) is 6.92 Å². The van der Waals surface area contributed by atoms with E-state index in [1.807, 2.05) is 0 Å². The predicted molar refractivity (Wildman–Crippen MR) is 61.4 cm³/mol. The number of nitrogens with zero attached hydrogens (tertiary/aromatic N) is 1. The van der Waals surface area contributed by atoms with Crippen LogP contribution in [0.1, 0.15) is 5.76 Å². The summed E-state index contributed by atoms with van der Waals surface area (Å²) >= 11 is 1.71. The van der Waals surface area contributed by atoms with E-state index in [9.17, 15) is 4.79 Å². The number of carbonyl (C=O) groups excluding carboxylic acids is 1. The molecule has 0 aliphatic carbocycles. The van der Waals surface area contributed by atoms with Gasteiger partial charge in [-0.3, -0.25) is 10.1 Å². The maximum absolute atomic E-state index is 11.6. The van der Waals surface area contributed by atoms with Crippen LogP contribution in [0.3, 0.4) is 0 Å². The van der Waals surface area contributed by atoms with Crippen LogP contribution in [0.4, 0.5) is 5.82 Å². The molecule has 0 radical (unpaired) electrons. The van der Waals surface area contributed by atoms with Crippen LogP contribution in [0.25, 0.3) is 0 Å². The Hall–Kier alpha value is -0.720. The van der Waals surface area contributed by atoms with E-state index in [2.05, 4.69) is 15.8 Å².